The Morgan fingerprint density at radius 1 is 0.500 bits per heavy atom. The molecule has 262 valence electrons. The van der Waals surface area contributed by atoms with Crippen molar-refractivity contribution in [1.29, 1.82) is 0 Å². The fourth-order valence-electron chi connectivity index (χ4n) is 7.57. The highest BCUT2D eigenvalue weighted by molar-refractivity contribution is 5.64. The van der Waals surface area contributed by atoms with Crippen LogP contribution in [-0.4, -0.2) is 18.3 Å². The largest absolute Gasteiger partial charge is 0.432 e. The molecular formula is C42H54F4O2. The Balaban J connectivity index is 0.000000188. The molecule has 0 saturated heterocycles. The Morgan fingerprint density at radius 3 is 1.40 bits per heavy atom. The van der Waals surface area contributed by atoms with E-state index in [1.54, 1.807) is 12.1 Å². The van der Waals surface area contributed by atoms with E-state index in [1.165, 1.54) is 16.7 Å². The van der Waals surface area contributed by atoms with Crippen molar-refractivity contribution in [2.75, 3.05) is 0 Å². The van der Waals surface area contributed by atoms with Gasteiger partial charge < -0.3 is 9.47 Å². The molecule has 0 aromatic heterocycles. The highest BCUT2D eigenvalue weighted by atomic mass is 19.3. The normalized spacial score (nSPS) is 26.7. The van der Waals surface area contributed by atoms with E-state index in [-0.39, 0.29) is 11.9 Å². The van der Waals surface area contributed by atoms with Crippen molar-refractivity contribution in [3.05, 3.63) is 89.5 Å². The standard InChI is InChI=1S/C21H30F2O.C21H24F2O/c2*1-15-3-7-17(8-4-15)18-9-13-20(14-10-18)24-21(22,23)19-11-5-16(2)6-12-19/h3-4,7-8,16,18-20H,5-6,9-14H2,1-2H3;3-4,7-10,13-14,16,19H,5-6,11-12H2,1-2H3. The van der Waals surface area contributed by atoms with Gasteiger partial charge in [-0.1, -0.05) is 111 Å². The molecule has 0 aliphatic heterocycles. The second-order valence-electron chi connectivity index (χ2n) is 15.0. The molecule has 48 heavy (non-hydrogen) atoms. The molecule has 0 amide bonds. The first kappa shape index (κ1) is 36.4. The summed E-state index contributed by atoms with van der Waals surface area (Å²) in [4.78, 5) is 0. The van der Waals surface area contributed by atoms with Crippen LogP contribution in [0.4, 0.5) is 17.6 Å². The fraction of sp³-hybridized carbons (Fsp3) is 0.571. The SMILES string of the molecule is Cc1ccc(-c2ccc(OC(F)(F)C3CCC(C)CC3)cc2)cc1.Cc1ccc(C2CCC(OC(F)(F)C3CCC(C)CC3)CC2)cc1. The van der Waals surface area contributed by atoms with E-state index in [0.717, 1.165) is 62.5 Å². The molecule has 0 heterocycles. The number of hydrogen-bond donors (Lipinski definition) is 0. The topological polar surface area (TPSA) is 18.5 Å². The van der Waals surface area contributed by atoms with Crippen molar-refractivity contribution in [2.24, 2.45) is 23.7 Å². The van der Waals surface area contributed by atoms with E-state index in [1.807, 2.05) is 43.3 Å². The third kappa shape index (κ3) is 10.1. The summed E-state index contributed by atoms with van der Waals surface area (Å²) in [5.74, 6) is 0.603. The second kappa shape index (κ2) is 16.2. The highest BCUT2D eigenvalue weighted by Crippen LogP contribution is 2.43. The Hall–Kier alpha value is -2.86. The highest BCUT2D eigenvalue weighted by Gasteiger charge is 2.45. The molecule has 0 atom stereocenters. The van der Waals surface area contributed by atoms with Crippen LogP contribution in [-0.2, 0) is 4.74 Å². The molecular weight excluding hydrogens is 612 g/mol. The van der Waals surface area contributed by atoms with Crippen LogP contribution in [0, 0.1) is 37.5 Å². The molecule has 3 saturated carbocycles. The van der Waals surface area contributed by atoms with Crippen LogP contribution in [0.1, 0.15) is 114 Å². The zero-order chi connectivity index (χ0) is 34.3. The van der Waals surface area contributed by atoms with Crippen LogP contribution < -0.4 is 4.74 Å². The maximum Gasteiger partial charge on any atom is 0.400 e. The molecule has 0 spiro atoms. The summed E-state index contributed by atoms with van der Waals surface area (Å²) in [7, 11) is 0. The smallest absolute Gasteiger partial charge is 0.400 e. The maximum absolute atomic E-state index is 14.5. The average Bonchev–Trinajstić information content (AvgIpc) is 3.07. The summed E-state index contributed by atoms with van der Waals surface area (Å²) in [6.45, 7) is 8.40. The van der Waals surface area contributed by atoms with Gasteiger partial charge in [-0.05, 0) is 112 Å². The monoisotopic (exact) mass is 666 g/mol. The van der Waals surface area contributed by atoms with Gasteiger partial charge in [0.05, 0.1) is 17.9 Å². The lowest BCUT2D eigenvalue weighted by atomic mass is 9.81. The average molecular weight is 667 g/mol. The Bertz CT molecular complexity index is 1380. The van der Waals surface area contributed by atoms with Gasteiger partial charge in [0.25, 0.3) is 0 Å². The fourth-order valence-corrected chi connectivity index (χ4v) is 7.57. The molecule has 3 aromatic carbocycles. The molecule has 6 rings (SSSR count). The predicted octanol–water partition coefficient (Wildman–Crippen LogP) is 12.9. The van der Waals surface area contributed by atoms with Crippen LogP contribution in [0.5, 0.6) is 5.75 Å². The zero-order valence-electron chi connectivity index (χ0n) is 29.2. The molecule has 0 radical (unpaired) electrons. The third-order valence-corrected chi connectivity index (χ3v) is 11.0. The summed E-state index contributed by atoms with van der Waals surface area (Å²) in [5.41, 5.74) is 5.86. The summed E-state index contributed by atoms with van der Waals surface area (Å²) >= 11 is 0. The Labute approximate surface area is 285 Å². The molecule has 2 nitrogen and oxygen atoms in total. The number of alkyl halides is 4. The number of rotatable bonds is 8. The van der Waals surface area contributed by atoms with Gasteiger partial charge in [0.2, 0.25) is 0 Å². The summed E-state index contributed by atoms with van der Waals surface area (Å²) in [6, 6.07) is 23.7. The van der Waals surface area contributed by atoms with E-state index in [0.29, 0.717) is 43.4 Å². The molecule has 0 unspecified atom stereocenters. The van der Waals surface area contributed by atoms with Gasteiger partial charge in [0.1, 0.15) is 5.75 Å². The molecule has 3 fully saturated rings. The first-order chi connectivity index (χ1) is 22.9. The summed E-state index contributed by atoms with van der Waals surface area (Å²) in [5, 5.41) is 0. The first-order valence-corrected chi connectivity index (χ1v) is 18.2. The minimum absolute atomic E-state index is 0.231. The predicted molar refractivity (Wildman–Crippen MR) is 187 cm³/mol. The van der Waals surface area contributed by atoms with E-state index < -0.39 is 24.1 Å². The van der Waals surface area contributed by atoms with Crippen LogP contribution in [0.15, 0.2) is 72.8 Å². The van der Waals surface area contributed by atoms with Crippen molar-refractivity contribution < 1.29 is 27.0 Å². The number of ether oxygens (including phenoxy) is 2. The van der Waals surface area contributed by atoms with Gasteiger partial charge in [-0.3, -0.25) is 0 Å². The Kier molecular flexibility index (Phi) is 12.3. The van der Waals surface area contributed by atoms with Crippen molar-refractivity contribution in [3.63, 3.8) is 0 Å². The lowest BCUT2D eigenvalue weighted by molar-refractivity contribution is -0.301. The van der Waals surface area contributed by atoms with Crippen molar-refractivity contribution >= 4 is 0 Å². The van der Waals surface area contributed by atoms with Crippen molar-refractivity contribution in [2.45, 2.75) is 129 Å². The molecule has 0 bridgehead atoms. The van der Waals surface area contributed by atoms with Crippen molar-refractivity contribution in [3.8, 4) is 16.9 Å². The first-order valence-electron chi connectivity index (χ1n) is 18.2. The quantitative estimate of drug-likeness (QED) is 0.223. The van der Waals surface area contributed by atoms with Gasteiger partial charge in [-0.2, -0.15) is 17.6 Å². The minimum atomic E-state index is -3.09. The van der Waals surface area contributed by atoms with E-state index in [9.17, 15) is 17.6 Å². The number of hydrogen-bond acceptors (Lipinski definition) is 2. The molecule has 3 aromatic rings. The molecule has 0 N–H and O–H groups in total. The van der Waals surface area contributed by atoms with Gasteiger partial charge in [0, 0.05) is 0 Å². The van der Waals surface area contributed by atoms with E-state index in [2.05, 4.69) is 45.0 Å². The van der Waals surface area contributed by atoms with Gasteiger partial charge in [-0.15, -0.1) is 0 Å². The maximum atomic E-state index is 14.5. The van der Waals surface area contributed by atoms with Crippen molar-refractivity contribution in [1.82, 2.24) is 0 Å². The van der Waals surface area contributed by atoms with Crippen LogP contribution in [0.3, 0.4) is 0 Å². The lowest BCUT2D eigenvalue weighted by Gasteiger charge is -2.36. The molecule has 3 aliphatic rings. The lowest BCUT2D eigenvalue weighted by Crippen LogP contribution is -2.38. The van der Waals surface area contributed by atoms with E-state index in [4.69, 9.17) is 9.47 Å². The third-order valence-electron chi connectivity index (χ3n) is 11.0. The van der Waals surface area contributed by atoms with Gasteiger partial charge in [-0.25, -0.2) is 0 Å². The summed E-state index contributed by atoms with van der Waals surface area (Å²) in [6.07, 6.45) is 2.89. The van der Waals surface area contributed by atoms with E-state index >= 15 is 0 Å². The zero-order valence-corrected chi connectivity index (χ0v) is 29.2. The van der Waals surface area contributed by atoms with Crippen LogP contribution in [0.2, 0.25) is 0 Å². The van der Waals surface area contributed by atoms with Gasteiger partial charge >= 0.3 is 12.2 Å². The number of benzene rings is 3. The summed E-state index contributed by atoms with van der Waals surface area (Å²) < 4.78 is 68.0. The minimum Gasteiger partial charge on any atom is -0.432 e. The second-order valence-corrected chi connectivity index (χ2v) is 15.0. The number of halogens is 4. The van der Waals surface area contributed by atoms with Crippen LogP contribution >= 0.6 is 0 Å². The van der Waals surface area contributed by atoms with Crippen LogP contribution in [0.25, 0.3) is 11.1 Å². The Morgan fingerprint density at radius 2 is 0.917 bits per heavy atom. The number of aryl methyl sites for hydroxylation is 2. The van der Waals surface area contributed by atoms with Gasteiger partial charge in [0.15, 0.2) is 0 Å². The molecule has 3 aliphatic carbocycles. The molecule has 6 heteroatoms.